The van der Waals surface area contributed by atoms with Crippen LogP contribution in [0.2, 0.25) is 0 Å². The molecule has 6 nitrogen and oxygen atoms in total. The number of halogens is 1. The fourth-order valence-corrected chi connectivity index (χ4v) is 2.72. The largest absolute Gasteiger partial charge is 0.497 e. The van der Waals surface area contributed by atoms with Crippen molar-refractivity contribution in [2.24, 2.45) is 5.92 Å². The summed E-state index contributed by atoms with van der Waals surface area (Å²) in [6.45, 7) is 6.12. The van der Waals surface area contributed by atoms with Crippen molar-refractivity contribution >= 4 is 11.8 Å². The summed E-state index contributed by atoms with van der Waals surface area (Å²) in [7, 11) is 1.57. The van der Waals surface area contributed by atoms with Gasteiger partial charge in [-0.25, -0.2) is 4.39 Å². The van der Waals surface area contributed by atoms with E-state index in [0.29, 0.717) is 24.0 Å². The standard InChI is InChI=1S/C23H29FN2O4/c1-16(2)13-25-23(28)17(3)26(14-18-5-7-19(24)8-6-18)22(27)15-30-21-11-9-20(29-4)10-12-21/h5-12,16-17H,13-15H2,1-4H3,(H,25,28)/t17-/m1/s1. The highest BCUT2D eigenvalue weighted by molar-refractivity contribution is 5.87. The molecule has 0 aliphatic rings. The summed E-state index contributed by atoms with van der Waals surface area (Å²) >= 11 is 0. The number of hydrogen-bond acceptors (Lipinski definition) is 4. The molecule has 162 valence electrons. The third-order valence-electron chi connectivity index (χ3n) is 4.54. The van der Waals surface area contributed by atoms with E-state index < -0.39 is 6.04 Å². The zero-order valence-electron chi connectivity index (χ0n) is 17.9. The van der Waals surface area contributed by atoms with Gasteiger partial charge in [0.2, 0.25) is 5.91 Å². The minimum Gasteiger partial charge on any atom is -0.497 e. The van der Waals surface area contributed by atoms with Crippen molar-refractivity contribution in [2.75, 3.05) is 20.3 Å². The second kappa shape index (κ2) is 11.2. The van der Waals surface area contributed by atoms with Gasteiger partial charge in [-0.05, 0) is 54.8 Å². The van der Waals surface area contributed by atoms with Crippen LogP contribution in [0.1, 0.15) is 26.3 Å². The van der Waals surface area contributed by atoms with E-state index in [1.54, 1.807) is 50.4 Å². The van der Waals surface area contributed by atoms with Crippen LogP contribution >= 0.6 is 0 Å². The average molecular weight is 416 g/mol. The molecule has 0 saturated carbocycles. The number of carbonyl (C=O) groups is 2. The Morgan fingerprint density at radius 3 is 2.17 bits per heavy atom. The van der Waals surface area contributed by atoms with Gasteiger partial charge in [-0.2, -0.15) is 0 Å². The summed E-state index contributed by atoms with van der Waals surface area (Å²) in [4.78, 5) is 26.9. The molecule has 0 fully saturated rings. The molecule has 1 N–H and O–H groups in total. The first-order chi connectivity index (χ1) is 14.3. The molecular weight excluding hydrogens is 387 g/mol. The maximum absolute atomic E-state index is 13.2. The monoisotopic (exact) mass is 416 g/mol. The fourth-order valence-electron chi connectivity index (χ4n) is 2.72. The fraction of sp³-hybridized carbons (Fsp3) is 0.391. The van der Waals surface area contributed by atoms with Gasteiger partial charge >= 0.3 is 0 Å². The van der Waals surface area contributed by atoms with Crippen molar-refractivity contribution in [2.45, 2.75) is 33.4 Å². The van der Waals surface area contributed by atoms with Crippen LogP contribution in [-0.2, 0) is 16.1 Å². The molecular formula is C23H29FN2O4. The number of amides is 2. The molecule has 0 saturated heterocycles. The first-order valence-corrected chi connectivity index (χ1v) is 9.88. The highest BCUT2D eigenvalue weighted by Crippen LogP contribution is 2.18. The Hall–Kier alpha value is -3.09. The molecule has 0 aliphatic carbocycles. The number of ether oxygens (including phenoxy) is 2. The summed E-state index contributed by atoms with van der Waals surface area (Å²) < 4.78 is 23.9. The van der Waals surface area contributed by atoms with E-state index >= 15 is 0 Å². The van der Waals surface area contributed by atoms with E-state index in [4.69, 9.17) is 9.47 Å². The van der Waals surface area contributed by atoms with E-state index in [-0.39, 0.29) is 30.8 Å². The highest BCUT2D eigenvalue weighted by atomic mass is 19.1. The molecule has 7 heteroatoms. The van der Waals surface area contributed by atoms with E-state index in [0.717, 1.165) is 5.56 Å². The molecule has 2 rings (SSSR count). The number of carbonyl (C=O) groups excluding carboxylic acids is 2. The SMILES string of the molecule is COc1ccc(OCC(=O)N(Cc2ccc(F)cc2)[C@H](C)C(=O)NCC(C)C)cc1. The lowest BCUT2D eigenvalue weighted by molar-refractivity contribution is -0.142. The lowest BCUT2D eigenvalue weighted by Crippen LogP contribution is -2.49. The number of nitrogens with zero attached hydrogens (tertiary/aromatic N) is 1. The Bertz CT molecular complexity index is 822. The van der Waals surface area contributed by atoms with Gasteiger partial charge in [0.1, 0.15) is 23.4 Å². The maximum atomic E-state index is 13.2. The van der Waals surface area contributed by atoms with Gasteiger partial charge in [0, 0.05) is 13.1 Å². The van der Waals surface area contributed by atoms with Gasteiger partial charge < -0.3 is 19.7 Å². The first kappa shape index (κ1) is 23.2. The molecule has 0 aliphatic heterocycles. The quantitative estimate of drug-likeness (QED) is 0.645. The summed E-state index contributed by atoms with van der Waals surface area (Å²) in [5, 5.41) is 2.85. The maximum Gasteiger partial charge on any atom is 0.261 e. The van der Waals surface area contributed by atoms with Crippen molar-refractivity contribution < 1.29 is 23.5 Å². The van der Waals surface area contributed by atoms with Gasteiger partial charge in [-0.15, -0.1) is 0 Å². The summed E-state index contributed by atoms with van der Waals surface area (Å²) in [5.74, 6) is 0.541. The Morgan fingerprint density at radius 2 is 1.60 bits per heavy atom. The molecule has 0 radical (unpaired) electrons. The second-order valence-corrected chi connectivity index (χ2v) is 7.43. The van der Waals surface area contributed by atoms with Crippen LogP contribution in [0.15, 0.2) is 48.5 Å². The third kappa shape index (κ3) is 7.06. The van der Waals surface area contributed by atoms with Crippen LogP contribution < -0.4 is 14.8 Å². The zero-order chi connectivity index (χ0) is 22.1. The summed E-state index contributed by atoms with van der Waals surface area (Å²) in [6.07, 6.45) is 0. The number of benzene rings is 2. The van der Waals surface area contributed by atoms with Crippen LogP contribution in [0.3, 0.4) is 0 Å². The van der Waals surface area contributed by atoms with Crippen LogP contribution in [0.25, 0.3) is 0 Å². The van der Waals surface area contributed by atoms with Crippen LogP contribution in [0.5, 0.6) is 11.5 Å². The Morgan fingerprint density at radius 1 is 1.00 bits per heavy atom. The zero-order valence-corrected chi connectivity index (χ0v) is 17.9. The van der Waals surface area contributed by atoms with Crippen molar-refractivity contribution in [3.8, 4) is 11.5 Å². The molecule has 2 aromatic carbocycles. The van der Waals surface area contributed by atoms with Gasteiger partial charge in [0.25, 0.3) is 5.91 Å². The van der Waals surface area contributed by atoms with Gasteiger partial charge in [-0.3, -0.25) is 9.59 Å². The molecule has 1 atom stereocenters. The van der Waals surface area contributed by atoms with Crippen LogP contribution in [0.4, 0.5) is 4.39 Å². The van der Waals surface area contributed by atoms with Crippen molar-refractivity contribution in [1.29, 1.82) is 0 Å². The van der Waals surface area contributed by atoms with Crippen molar-refractivity contribution in [3.05, 3.63) is 59.9 Å². The predicted molar refractivity (Wildman–Crippen MR) is 113 cm³/mol. The summed E-state index contributed by atoms with van der Waals surface area (Å²) in [6, 6.07) is 12.0. The molecule has 0 bridgehead atoms. The minimum absolute atomic E-state index is 0.168. The third-order valence-corrected chi connectivity index (χ3v) is 4.54. The Labute approximate surface area is 177 Å². The average Bonchev–Trinajstić information content (AvgIpc) is 2.75. The van der Waals surface area contributed by atoms with Crippen LogP contribution in [-0.4, -0.2) is 43.0 Å². The number of methoxy groups -OCH3 is 1. The lowest BCUT2D eigenvalue weighted by Gasteiger charge is -2.29. The second-order valence-electron chi connectivity index (χ2n) is 7.43. The van der Waals surface area contributed by atoms with Gasteiger partial charge in [-0.1, -0.05) is 26.0 Å². The molecule has 0 heterocycles. The highest BCUT2D eigenvalue weighted by Gasteiger charge is 2.26. The molecule has 0 aromatic heterocycles. The smallest absolute Gasteiger partial charge is 0.261 e. The normalized spacial score (nSPS) is 11.7. The van der Waals surface area contributed by atoms with E-state index in [1.165, 1.54) is 17.0 Å². The van der Waals surface area contributed by atoms with E-state index in [2.05, 4.69) is 5.32 Å². The molecule has 0 unspecified atom stereocenters. The number of rotatable bonds is 10. The van der Waals surface area contributed by atoms with E-state index in [1.807, 2.05) is 13.8 Å². The Kier molecular flexibility index (Phi) is 8.65. The topological polar surface area (TPSA) is 67.9 Å². The molecule has 0 spiro atoms. The predicted octanol–water partition coefficient (Wildman–Crippen LogP) is 3.40. The van der Waals surface area contributed by atoms with E-state index in [9.17, 15) is 14.0 Å². The number of hydrogen-bond donors (Lipinski definition) is 1. The van der Waals surface area contributed by atoms with Crippen molar-refractivity contribution in [3.63, 3.8) is 0 Å². The molecule has 2 aromatic rings. The van der Waals surface area contributed by atoms with Crippen LogP contribution in [0, 0.1) is 11.7 Å². The first-order valence-electron chi connectivity index (χ1n) is 9.88. The summed E-state index contributed by atoms with van der Waals surface area (Å²) in [5.41, 5.74) is 0.720. The number of nitrogens with one attached hydrogen (secondary N) is 1. The Balaban J connectivity index is 2.10. The molecule has 2 amide bonds. The lowest BCUT2D eigenvalue weighted by atomic mass is 10.1. The molecule has 30 heavy (non-hydrogen) atoms. The van der Waals surface area contributed by atoms with Gasteiger partial charge in [0.15, 0.2) is 6.61 Å². The van der Waals surface area contributed by atoms with Gasteiger partial charge in [0.05, 0.1) is 7.11 Å². The minimum atomic E-state index is -0.708. The van der Waals surface area contributed by atoms with Crippen molar-refractivity contribution in [1.82, 2.24) is 10.2 Å².